The maximum atomic E-state index is 11.9. The summed E-state index contributed by atoms with van der Waals surface area (Å²) in [6.45, 7) is 21.5. The number of hydrogen-bond acceptors (Lipinski definition) is 3. The van der Waals surface area contributed by atoms with Crippen molar-refractivity contribution in [2.75, 3.05) is 6.61 Å². The van der Waals surface area contributed by atoms with Crippen LogP contribution in [-0.4, -0.2) is 23.8 Å². The second kappa shape index (κ2) is 8.08. The Morgan fingerprint density at radius 2 is 1.57 bits per heavy atom. The van der Waals surface area contributed by atoms with E-state index in [2.05, 4.69) is 48.1 Å². The molecule has 0 aromatic heterocycles. The van der Waals surface area contributed by atoms with E-state index in [1.165, 1.54) is 63.4 Å². The average molecular weight is 485 g/mol. The van der Waals surface area contributed by atoms with E-state index >= 15 is 0 Å². The van der Waals surface area contributed by atoms with Gasteiger partial charge >= 0.3 is 5.97 Å². The highest BCUT2D eigenvalue weighted by molar-refractivity contribution is 5.65. The molecular weight excluding hydrogens is 432 g/mol. The van der Waals surface area contributed by atoms with E-state index in [4.69, 9.17) is 4.74 Å². The Kier molecular flexibility index (Phi) is 5.96. The van der Waals surface area contributed by atoms with Crippen molar-refractivity contribution in [2.45, 2.75) is 119 Å². The van der Waals surface area contributed by atoms with Gasteiger partial charge in [0.25, 0.3) is 0 Å². The third-order valence-electron chi connectivity index (χ3n) is 13.8. The van der Waals surface area contributed by atoms with Crippen molar-refractivity contribution in [2.24, 2.45) is 56.7 Å². The van der Waals surface area contributed by atoms with Gasteiger partial charge in [-0.05, 0) is 122 Å². The highest BCUT2D eigenvalue weighted by Gasteiger charge is 2.70. The molecule has 3 heteroatoms. The molecule has 35 heavy (non-hydrogen) atoms. The van der Waals surface area contributed by atoms with Crippen LogP contribution in [0.1, 0.15) is 113 Å². The van der Waals surface area contributed by atoms with Crippen molar-refractivity contribution >= 4 is 5.97 Å². The van der Waals surface area contributed by atoms with E-state index in [-0.39, 0.29) is 22.9 Å². The van der Waals surface area contributed by atoms with Gasteiger partial charge in [0, 0.05) is 12.3 Å². The summed E-state index contributed by atoms with van der Waals surface area (Å²) in [5.74, 6) is 3.04. The lowest BCUT2D eigenvalue weighted by atomic mass is 9.32. The van der Waals surface area contributed by atoms with E-state index in [0.717, 1.165) is 12.3 Å². The first-order chi connectivity index (χ1) is 16.2. The molecule has 1 N–H and O–H groups in total. The number of carbonyl (C=O) groups excluding carboxylic acids is 1. The summed E-state index contributed by atoms with van der Waals surface area (Å²) in [4.78, 5) is 11.9. The van der Waals surface area contributed by atoms with Crippen molar-refractivity contribution < 1.29 is 14.6 Å². The Morgan fingerprint density at radius 1 is 0.857 bits per heavy atom. The summed E-state index contributed by atoms with van der Waals surface area (Å²) in [5.41, 5.74) is 2.45. The van der Waals surface area contributed by atoms with Gasteiger partial charge < -0.3 is 9.84 Å². The van der Waals surface area contributed by atoms with Crippen LogP contribution in [0.3, 0.4) is 0 Å². The number of aliphatic hydroxyl groups is 1. The highest BCUT2D eigenvalue weighted by atomic mass is 16.5. The molecule has 0 spiro atoms. The lowest BCUT2D eigenvalue weighted by Crippen LogP contribution is -2.66. The standard InChI is InChI=1S/C32H52O3/c1-20(2)22-11-16-32(19-35-21(3)33)18-17-30(7)23(27(22)32)9-10-25-29(6)14-13-26(34)28(4,5)24(29)12-15-31(25,30)8/h22-27,34H,1,9-19H2,2-8H3/t22-,23+,24+,25+,26-,27-,29-,30+,31+,32+/m0/s1. The predicted molar refractivity (Wildman–Crippen MR) is 142 cm³/mol. The zero-order valence-electron chi connectivity index (χ0n) is 23.7. The molecule has 5 rings (SSSR count). The Balaban J connectivity index is 1.53. The van der Waals surface area contributed by atoms with Gasteiger partial charge in [0.05, 0.1) is 12.7 Å². The van der Waals surface area contributed by atoms with Crippen LogP contribution < -0.4 is 0 Å². The number of fused-ring (bicyclic) bond motifs is 7. The number of rotatable bonds is 3. The van der Waals surface area contributed by atoms with Crippen LogP contribution in [-0.2, 0) is 9.53 Å². The molecule has 0 aliphatic heterocycles. The lowest BCUT2D eigenvalue weighted by molar-refractivity contribution is -0.249. The Bertz CT molecular complexity index is 891. The molecule has 5 aliphatic rings. The predicted octanol–water partition coefficient (Wildman–Crippen LogP) is 7.57. The van der Waals surface area contributed by atoms with Gasteiger partial charge in [0.1, 0.15) is 0 Å². The number of hydrogen-bond donors (Lipinski definition) is 1. The van der Waals surface area contributed by atoms with Crippen molar-refractivity contribution in [1.29, 1.82) is 0 Å². The Morgan fingerprint density at radius 3 is 2.23 bits per heavy atom. The second-order valence-electron chi connectivity index (χ2n) is 15.2. The van der Waals surface area contributed by atoms with Crippen LogP contribution in [0.4, 0.5) is 0 Å². The van der Waals surface area contributed by atoms with Crippen molar-refractivity contribution in [3.05, 3.63) is 12.2 Å². The van der Waals surface area contributed by atoms with Crippen molar-refractivity contribution in [3.8, 4) is 0 Å². The monoisotopic (exact) mass is 484 g/mol. The minimum absolute atomic E-state index is 0.00826. The molecule has 5 saturated carbocycles. The van der Waals surface area contributed by atoms with Gasteiger partial charge in [-0.1, -0.05) is 46.8 Å². The minimum atomic E-state index is -0.164. The summed E-state index contributed by atoms with van der Waals surface area (Å²) in [7, 11) is 0. The Hall–Kier alpha value is -0.830. The fourth-order valence-corrected chi connectivity index (χ4v) is 11.8. The summed E-state index contributed by atoms with van der Waals surface area (Å²) in [6.07, 6.45) is 12.0. The van der Waals surface area contributed by atoms with E-state index in [1.54, 1.807) is 6.92 Å². The zero-order valence-corrected chi connectivity index (χ0v) is 23.7. The van der Waals surface area contributed by atoms with Gasteiger partial charge in [0.2, 0.25) is 0 Å². The fraction of sp³-hybridized carbons (Fsp3) is 0.906. The molecule has 0 unspecified atom stereocenters. The molecule has 0 saturated heterocycles. The molecule has 5 fully saturated rings. The van der Waals surface area contributed by atoms with E-state index < -0.39 is 0 Å². The third-order valence-corrected chi connectivity index (χ3v) is 13.8. The second-order valence-corrected chi connectivity index (χ2v) is 15.2. The molecule has 0 bridgehead atoms. The van der Waals surface area contributed by atoms with Crippen LogP contribution >= 0.6 is 0 Å². The SMILES string of the molecule is C=C(C)[C@@H]1CC[C@]2(COC(C)=O)CC[C@]3(C)[C@H](CC[C@@H]4[C@@]5(C)CC[C@H](O)C(C)(C)[C@H]5CC[C@]43C)[C@H]12. The molecule has 0 radical (unpaired) electrons. The van der Waals surface area contributed by atoms with Crippen LogP contribution in [0.5, 0.6) is 0 Å². The van der Waals surface area contributed by atoms with E-state index in [0.29, 0.717) is 46.5 Å². The fourth-order valence-electron chi connectivity index (χ4n) is 11.8. The van der Waals surface area contributed by atoms with Crippen LogP contribution in [0.2, 0.25) is 0 Å². The number of ether oxygens (including phenoxy) is 1. The lowest BCUT2D eigenvalue weighted by Gasteiger charge is -2.73. The number of allylic oxidation sites excluding steroid dienone is 1. The van der Waals surface area contributed by atoms with Gasteiger partial charge in [-0.25, -0.2) is 0 Å². The molecule has 10 atom stereocenters. The normalized spacial score (nSPS) is 52.5. The third kappa shape index (κ3) is 3.34. The molecule has 3 nitrogen and oxygen atoms in total. The van der Waals surface area contributed by atoms with Crippen LogP contribution in [0, 0.1) is 56.7 Å². The first-order valence-electron chi connectivity index (χ1n) is 14.7. The molecule has 0 amide bonds. The maximum absolute atomic E-state index is 11.9. The number of carbonyl (C=O) groups is 1. The minimum Gasteiger partial charge on any atom is -0.465 e. The molecule has 0 heterocycles. The first kappa shape index (κ1) is 25.8. The molecule has 0 aromatic rings. The van der Waals surface area contributed by atoms with Crippen LogP contribution in [0.15, 0.2) is 12.2 Å². The van der Waals surface area contributed by atoms with Gasteiger partial charge in [-0.15, -0.1) is 0 Å². The summed E-state index contributed by atoms with van der Waals surface area (Å²) < 4.78 is 5.79. The molecule has 0 aromatic carbocycles. The summed E-state index contributed by atoms with van der Waals surface area (Å²) in [5, 5.41) is 10.9. The maximum Gasteiger partial charge on any atom is 0.302 e. The van der Waals surface area contributed by atoms with E-state index in [1.807, 2.05) is 0 Å². The highest BCUT2D eigenvalue weighted by Crippen LogP contribution is 2.77. The first-order valence-corrected chi connectivity index (χ1v) is 14.7. The quantitative estimate of drug-likeness (QED) is 0.332. The van der Waals surface area contributed by atoms with Gasteiger partial charge in [-0.3, -0.25) is 4.79 Å². The van der Waals surface area contributed by atoms with E-state index in [9.17, 15) is 9.90 Å². The topological polar surface area (TPSA) is 46.5 Å². The average Bonchev–Trinajstić information content (AvgIpc) is 3.16. The summed E-state index contributed by atoms with van der Waals surface area (Å²) >= 11 is 0. The zero-order chi connectivity index (χ0) is 25.6. The summed E-state index contributed by atoms with van der Waals surface area (Å²) in [6, 6.07) is 0. The van der Waals surface area contributed by atoms with Gasteiger partial charge in [-0.2, -0.15) is 0 Å². The molecule has 198 valence electrons. The Labute approximate surface area is 214 Å². The smallest absolute Gasteiger partial charge is 0.302 e. The van der Waals surface area contributed by atoms with Crippen molar-refractivity contribution in [1.82, 2.24) is 0 Å². The molecular formula is C32H52O3. The number of esters is 1. The largest absolute Gasteiger partial charge is 0.465 e. The van der Waals surface area contributed by atoms with Crippen molar-refractivity contribution in [3.63, 3.8) is 0 Å². The van der Waals surface area contributed by atoms with Gasteiger partial charge in [0.15, 0.2) is 0 Å². The molecule has 5 aliphatic carbocycles. The van der Waals surface area contributed by atoms with Crippen LogP contribution in [0.25, 0.3) is 0 Å². The number of aliphatic hydroxyl groups excluding tert-OH is 1.